The first-order valence-corrected chi connectivity index (χ1v) is 8.19. The van der Waals surface area contributed by atoms with Gasteiger partial charge in [-0.1, -0.05) is 41.9 Å². The van der Waals surface area contributed by atoms with Crippen LogP contribution in [0.25, 0.3) is 0 Å². The van der Waals surface area contributed by atoms with E-state index in [0.29, 0.717) is 38.6 Å². The summed E-state index contributed by atoms with van der Waals surface area (Å²) in [5, 5.41) is 4.30. The number of benzene rings is 1. The highest BCUT2D eigenvalue weighted by Crippen LogP contribution is 2.26. The van der Waals surface area contributed by atoms with Gasteiger partial charge in [-0.3, -0.25) is 4.79 Å². The van der Waals surface area contributed by atoms with Gasteiger partial charge in [-0.25, -0.2) is 9.97 Å². The van der Waals surface area contributed by atoms with Crippen molar-refractivity contribution in [3.63, 3.8) is 0 Å². The Hall–Kier alpha value is -1.30. The summed E-state index contributed by atoms with van der Waals surface area (Å²) in [6, 6.07) is 4.89. The minimum Gasteiger partial charge on any atom is -0.320 e. The number of thioether (sulfide) groups is 1. The van der Waals surface area contributed by atoms with Gasteiger partial charge in [-0.05, 0) is 30.9 Å². The predicted octanol–water partition coefficient (Wildman–Crippen LogP) is 4.32. The van der Waals surface area contributed by atoms with E-state index in [0.717, 1.165) is 0 Å². The second-order valence-electron chi connectivity index (χ2n) is 4.15. The van der Waals surface area contributed by atoms with E-state index in [4.69, 9.17) is 23.2 Å². The van der Waals surface area contributed by atoms with Gasteiger partial charge >= 0.3 is 0 Å². The second kappa shape index (κ2) is 7.11. The first kappa shape index (κ1) is 16.1. The SMILES string of the molecule is CCc1nc(SC)ncc1C(=O)Nc1cc(Cl)ccc1Cl. The van der Waals surface area contributed by atoms with Crippen molar-refractivity contribution in [3.8, 4) is 0 Å². The number of halogens is 2. The number of rotatable bonds is 4. The van der Waals surface area contributed by atoms with Crippen LogP contribution >= 0.6 is 35.0 Å². The summed E-state index contributed by atoms with van der Waals surface area (Å²) in [5.74, 6) is -0.302. The van der Waals surface area contributed by atoms with Gasteiger partial charge in [0.15, 0.2) is 5.16 Å². The van der Waals surface area contributed by atoms with Crippen LogP contribution in [0.15, 0.2) is 29.6 Å². The number of anilines is 1. The van der Waals surface area contributed by atoms with E-state index in [1.165, 1.54) is 18.0 Å². The van der Waals surface area contributed by atoms with Crippen molar-refractivity contribution in [2.24, 2.45) is 0 Å². The molecule has 21 heavy (non-hydrogen) atoms. The summed E-state index contributed by atoms with van der Waals surface area (Å²) in [6.07, 6.45) is 4.06. The lowest BCUT2D eigenvalue weighted by Gasteiger charge is -2.10. The van der Waals surface area contributed by atoms with E-state index in [1.54, 1.807) is 18.2 Å². The molecule has 1 amide bonds. The number of nitrogens with one attached hydrogen (secondary N) is 1. The number of amides is 1. The Labute approximate surface area is 137 Å². The van der Waals surface area contributed by atoms with Crippen molar-refractivity contribution in [1.82, 2.24) is 9.97 Å². The Balaban J connectivity index is 2.30. The fourth-order valence-electron chi connectivity index (χ4n) is 1.74. The van der Waals surface area contributed by atoms with Crippen molar-refractivity contribution in [3.05, 3.63) is 45.7 Å². The van der Waals surface area contributed by atoms with Crippen LogP contribution in [0.5, 0.6) is 0 Å². The summed E-state index contributed by atoms with van der Waals surface area (Å²) < 4.78 is 0. The maximum atomic E-state index is 12.4. The fourth-order valence-corrected chi connectivity index (χ4v) is 2.44. The molecule has 110 valence electrons. The van der Waals surface area contributed by atoms with E-state index < -0.39 is 0 Å². The highest BCUT2D eigenvalue weighted by atomic mass is 35.5. The van der Waals surface area contributed by atoms with Gasteiger partial charge in [0, 0.05) is 11.2 Å². The van der Waals surface area contributed by atoms with Crippen LogP contribution in [0.3, 0.4) is 0 Å². The molecule has 0 saturated heterocycles. The van der Waals surface area contributed by atoms with Crippen LogP contribution in [-0.4, -0.2) is 22.1 Å². The fraction of sp³-hybridized carbons (Fsp3) is 0.214. The highest BCUT2D eigenvalue weighted by Gasteiger charge is 2.15. The first-order chi connectivity index (χ1) is 10.0. The van der Waals surface area contributed by atoms with E-state index in [9.17, 15) is 4.79 Å². The molecule has 0 fully saturated rings. The quantitative estimate of drug-likeness (QED) is 0.664. The van der Waals surface area contributed by atoms with Crippen LogP contribution in [0.1, 0.15) is 23.0 Å². The molecule has 0 radical (unpaired) electrons. The number of aryl methyl sites for hydroxylation is 1. The van der Waals surface area contributed by atoms with Gasteiger partial charge in [0.05, 0.1) is 22.0 Å². The number of nitrogens with zero attached hydrogens (tertiary/aromatic N) is 2. The highest BCUT2D eigenvalue weighted by molar-refractivity contribution is 7.98. The Morgan fingerprint density at radius 3 is 2.81 bits per heavy atom. The first-order valence-electron chi connectivity index (χ1n) is 6.21. The van der Waals surface area contributed by atoms with Crippen LogP contribution in [-0.2, 0) is 6.42 Å². The molecule has 0 aliphatic carbocycles. The molecular formula is C14H13Cl2N3OS. The molecular weight excluding hydrogens is 329 g/mol. The molecule has 0 spiro atoms. The van der Waals surface area contributed by atoms with Crippen LogP contribution < -0.4 is 5.32 Å². The zero-order valence-electron chi connectivity index (χ0n) is 11.5. The lowest BCUT2D eigenvalue weighted by Crippen LogP contribution is -2.16. The lowest BCUT2D eigenvalue weighted by atomic mass is 10.1. The molecule has 0 saturated carbocycles. The average molecular weight is 342 g/mol. The number of hydrogen-bond acceptors (Lipinski definition) is 4. The lowest BCUT2D eigenvalue weighted by molar-refractivity contribution is 0.102. The van der Waals surface area contributed by atoms with Crippen molar-refractivity contribution in [1.29, 1.82) is 0 Å². The third kappa shape index (κ3) is 3.87. The third-order valence-corrected chi connectivity index (χ3v) is 3.91. The minimum absolute atomic E-state index is 0.302. The number of hydrogen-bond donors (Lipinski definition) is 1. The molecule has 0 aliphatic rings. The van der Waals surface area contributed by atoms with Gasteiger partial charge in [0.25, 0.3) is 5.91 Å². The number of aromatic nitrogens is 2. The third-order valence-electron chi connectivity index (χ3n) is 2.78. The molecule has 1 aromatic carbocycles. The molecule has 4 nitrogen and oxygen atoms in total. The summed E-state index contributed by atoms with van der Waals surface area (Å²) in [4.78, 5) is 20.8. The second-order valence-corrected chi connectivity index (χ2v) is 5.77. The number of carbonyl (C=O) groups excluding carboxylic acids is 1. The number of carbonyl (C=O) groups is 1. The molecule has 0 bridgehead atoms. The molecule has 2 aromatic rings. The Kier molecular flexibility index (Phi) is 5.45. The Morgan fingerprint density at radius 2 is 2.14 bits per heavy atom. The summed E-state index contributed by atoms with van der Waals surface area (Å²) in [6.45, 7) is 1.94. The summed E-state index contributed by atoms with van der Waals surface area (Å²) >= 11 is 13.4. The van der Waals surface area contributed by atoms with Crippen LogP contribution in [0.2, 0.25) is 10.0 Å². The van der Waals surface area contributed by atoms with Crippen LogP contribution in [0.4, 0.5) is 5.69 Å². The molecule has 1 aromatic heterocycles. The monoisotopic (exact) mass is 341 g/mol. The van der Waals surface area contributed by atoms with Gasteiger partial charge in [-0.2, -0.15) is 0 Å². The summed E-state index contributed by atoms with van der Waals surface area (Å²) in [5.41, 5.74) is 1.60. The van der Waals surface area contributed by atoms with E-state index in [2.05, 4.69) is 15.3 Å². The van der Waals surface area contributed by atoms with Crippen molar-refractivity contribution in [2.45, 2.75) is 18.5 Å². The molecule has 7 heteroatoms. The molecule has 0 atom stereocenters. The zero-order valence-corrected chi connectivity index (χ0v) is 13.8. The molecule has 1 heterocycles. The predicted molar refractivity (Wildman–Crippen MR) is 87.6 cm³/mol. The van der Waals surface area contributed by atoms with E-state index in [1.807, 2.05) is 13.2 Å². The standard InChI is InChI=1S/C14H13Cl2N3OS/c1-3-11-9(7-17-14(19-11)21-2)13(20)18-12-6-8(15)4-5-10(12)16/h4-7H,3H2,1-2H3,(H,18,20). The Morgan fingerprint density at radius 1 is 1.38 bits per heavy atom. The molecule has 0 aliphatic heterocycles. The van der Waals surface area contributed by atoms with Gasteiger partial charge in [0.2, 0.25) is 0 Å². The van der Waals surface area contributed by atoms with E-state index in [-0.39, 0.29) is 5.91 Å². The largest absolute Gasteiger partial charge is 0.320 e. The van der Waals surface area contributed by atoms with Gasteiger partial charge in [-0.15, -0.1) is 0 Å². The Bertz CT molecular complexity index is 679. The van der Waals surface area contributed by atoms with Gasteiger partial charge in [0.1, 0.15) is 0 Å². The molecule has 1 N–H and O–H groups in total. The van der Waals surface area contributed by atoms with Crippen LogP contribution in [0, 0.1) is 0 Å². The van der Waals surface area contributed by atoms with Crippen molar-refractivity contribution < 1.29 is 4.79 Å². The van der Waals surface area contributed by atoms with E-state index >= 15 is 0 Å². The molecule has 0 unspecified atom stereocenters. The van der Waals surface area contributed by atoms with Crippen molar-refractivity contribution >= 4 is 46.6 Å². The smallest absolute Gasteiger partial charge is 0.259 e. The van der Waals surface area contributed by atoms with Gasteiger partial charge < -0.3 is 5.32 Å². The van der Waals surface area contributed by atoms with Crippen molar-refractivity contribution in [2.75, 3.05) is 11.6 Å². The zero-order chi connectivity index (χ0) is 15.4. The maximum Gasteiger partial charge on any atom is 0.259 e. The maximum absolute atomic E-state index is 12.4. The average Bonchev–Trinajstić information content (AvgIpc) is 2.50. The minimum atomic E-state index is -0.302. The topological polar surface area (TPSA) is 54.9 Å². The summed E-state index contributed by atoms with van der Waals surface area (Å²) in [7, 11) is 0. The normalized spacial score (nSPS) is 10.5. The molecule has 2 rings (SSSR count).